The molecule has 1 N–H and O–H groups in total. The van der Waals surface area contributed by atoms with Gasteiger partial charge in [0, 0.05) is 6.04 Å². The minimum Gasteiger partial charge on any atom is -0.303 e. The minimum atomic E-state index is 0.796. The molecule has 0 aliphatic heterocycles. The van der Waals surface area contributed by atoms with E-state index in [1.165, 1.54) is 25.7 Å². The highest BCUT2D eigenvalue weighted by molar-refractivity contribution is 5.00. The Balaban J connectivity index is 1.78. The summed E-state index contributed by atoms with van der Waals surface area (Å²) in [6, 6.07) is 0.796. The molecular formula is C11H17N. The van der Waals surface area contributed by atoms with E-state index in [4.69, 9.17) is 0 Å². The third kappa shape index (κ3) is 1.49. The average molecular weight is 163 g/mol. The fourth-order valence-corrected chi connectivity index (χ4v) is 2.77. The van der Waals surface area contributed by atoms with Crippen LogP contribution in [0.15, 0.2) is 0 Å². The third-order valence-electron chi connectivity index (χ3n) is 3.37. The van der Waals surface area contributed by atoms with Gasteiger partial charge >= 0.3 is 0 Å². The molecular weight excluding hydrogens is 146 g/mol. The molecule has 12 heavy (non-hydrogen) atoms. The summed E-state index contributed by atoms with van der Waals surface area (Å²) in [6.07, 6.45) is 5.84. The van der Waals surface area contributed by atoms with Gasteiger partial charge in [-0.05, 0) is 38.0 Å². The molecule has 3 atom stereocenters. The Hall–Kier alpha value is -0.480. The quantitative estimate of drug-likeness (QED) is 0.612. The van der Waals surface area contributed by atoms with Crippen molar-refractivity contribution in [1.29, 1.82) is 0 Å². The van der Waals surface area contributed by atoms with Gasteiger partial charge in [0.2, 0.25) is 0 Å². The molecule has 0 aromatic heterocycles. The minimum absolute atomic E-state index is 0.796. The van der Waals surface area contributed by atoms with Crippen LogP contribution in [0.1, 0.15) is 32.6 Å². The van der Waals surface area contributed by atoms with E-state index in [0.29, 0.717) is 0 Å². The molecule has 2 fully saturated rings. The molecule has 0 saturated heterocycles. The van der Waals surface area contributed by atoms with Crippen molar-refractivity contribution in [3.8, 4) is 11.8 Å². The molecule has 2 bridgehead atoms. The summed E-state index contributed by atoms with van der Waals surface area (Å²) in [6.45, 7) is 2.80. The molecule has 2 aliphatic rings. The predicted octanol–water partition coefficient (Wildman–Crippen LogP) is 1.79. The summed E-state index contributed by atoms with van der Waals surface area (Å²) in [5, 5.41) is 3.54. The van der Waals surface area contributed by atoms with E-state index in [-0.39, 0.29) is 0 Å². The van der Waals surface area contributed by atoms with Gasteiger partial charge in [-0.3, -0.25) is 0 Å². The number of nitrogens with one attached hydrogen (secondary N) is 1. The fourth-order valence-electron chi connectivity index (χ4n) is 2.77. The number of fused-ring (bicyclic) bond motifs is 2. The van der Waals surface area contributed by atoms with Gasteiger partial charge in [-0.15, -0.1) is 5.92 Å². The molecule has 0 spiro atoms. The van der Waals surface area contributed by atoms with Crippen LogP contribution in [-0.2, 0) is 0 Å². The van der Waals surface area contributed by atoms with Crippen LogP contribution in [0.5, 0.6) is 0 Å². The van der Waals surface area contributed by atoms with Crippen molar-refractivity contribution in [2.24, 2.45) is 11.8 Å². The Bertz CT molecular complexity index is 211. The van der Waals surface area contributed by atoms with E-state index in [9.17, 15) is 0 Å². The standard InChI is InChI=1S/C11H17N/c1-2-3-6-12-11-8-9-4-5-10(11)7-9/h9-12H,4-8H2,1H3. The van der Waals surface area contributed by atoms with Crippen molar-refractivity contribution in [2.75, 3.05) is 6.54 Å². The highest BCUT2D eigenvalue weighted by Gasteiger charge is 2.38. The lowest BCUT2D eigenvalue weighted by Gasteiger charge is -2.21. The first-order valence-corrected chi connectivity index (χ1v) is 5.03. The average Bonchev–Trinajstić information content (AvgIpc) is 2.65. The van der Waals surface area contributed by atoms with Crippen LogP contribution in [-0.4, -0.2) is 12.6 Å². The molecule has 0 amide bonds. The molecule has 66 valence electrons. The first-order valence-electron chi connectivity index (χ1n) is 5.03. The Morgan fingerprint density at radius 2 is 2.25 bits per heavy atom. The number of hydrogen-bond donors (Lipinski definition) is 1. The lowest BCUT2D eigenvalue weighted by molar-refractivity contribution is 0.364. The first kappa shape index (κ1) is 8.13. The second-order valence-corrected chi connectivity index (χ2v) is 4.09. The van der Waals surface area contributed by atoms with E-state index in [1.54, 1.807) is 0 Å². The van der Waals surface area contributed by atoms with Crippen molar-refractivity contribution >= 4 is 0 Å². The van der Waals surface area contributed by atoms with Gasteiger partial charge < -0.3 is 5.32 Å². The van der Waals surface area contributed by atoms with Crippen molar-refractivity contribution in [1.82, 2.24) is 5.32 Å². The monoisotopic (exact) mass is 163 g/mol. The fraction of sp³-hybridized carbons (Fsp3) is 0.818. The molecule has 3 unspecified atom stereocenters. The summed E-state index contributed by atoms with van der Waals surface area (Å²) in [4.78, 5) is 0. The van der Waals surface area contributed by atoms with Gasteiger partial charge in [-0.1, -0.05) is 12.3 Å². The lowest BCUT2D eigenvalue weighted by atomic mass is 9.95. The van der Waals surface area contributed by atoms with Crippen LogP contribution < -0.4 is 5.32 Å². The summed E-state index contributed by atoms with van der Waals surface area (Å²) >= 11 is 0. The molecule has 2 aliphatic carbocycles. The zero-order valence-corrected chi connectivity index (χ0v) is 7.77. The van der Waals surface area contributed by atoms with Crippen LogP contribution in [0.2, 0.25) is 0 Å². The summed E-state index contributed by atoms with van der Waals surface area (Å²) in [5.74, 6) is 8.02. The summed E-state index contributed by atoms with van der Waals surface area (Å²) < 4.78 is 0. The normalized spacial score (nSPS) is 37.9. The molecule has 2 rings (SSSR count). The van der Waals surface area contributed by atoms with Crippen LogP contribution in [0.3, 0.4) is 0 Å². The maximum Gasteiger partial charge on any atom is 0.0578 e. The van der Waals surface area contributed by atoms with Crippen LogP contribution >= 0.6 is 0 Å². The molecule has 0 radical (unpaired) electrons. The Kier molecular flexibility index (Phi) is 2.37. The van der Waals surface area contributed by atoms with E-state index < -0.39 is 0 Å². The highest BCUT2D eigenvalue weighted by atomic mass is 14.9. The largest absolute Gasteiger partial charge is 0.303 e. The SMILES string of the molecule is CC#CCNC1CC2CCC1C2. The zero-order valence-electron chi connectivity index (χ0n) is 7.77. The van der Waals surface area contributed by atoms with E-state index >= 15 is 0 Å². The van der Waals surface area contributed by atoms with E-state index in [1.807, 2.05) is 6.92 Å². The number of rotatable bonds is 2. The topological polar surface area (TPSA) is 12.0 Å². The maximum atomic E-state index is 3.54. The van der Waals surface area contributed by atoms with Crippen LogP contribution in [0.25, 0.3) is 0 Å². The summed E-state index contributed by atoms with van der Waals surface area (Å²) in [7, 11) is 0. The Morgan fingerprint density at radius 1 is 1.33 bits per heavy atom. The van der Waals surface area contributed by atoms with E-state index in [0.717, 1.165) is 24.4 Å². The second kappa shape index (κ2) is 3.49. The summed E-state index contributed by atoms with van der Waals surface area (Å²) in [5.41, 5.74) is 0. The lowest BCUT2D eigenvalue weighted by Crippen LogP contribution is -2.33. The Morgan fingerprint density at radius 3 is 2.83 bits per heavy atom. The molecule has 0 aromatic carbocycles. The molecule has 0 aromatic rings. The van der Waals surface area contributed by atoms with E-state index in [2.05, 4.69) is 17.2 Å². The number of hydrogen-bond acceptors (Lipinski definition) is 1. The van der Waals surface area contributed by atoms with Crippen molar-refractivity contribution < 1.29 is 0 Å². The van der Waals surface area contributed by atoms with Crippen LogP contribution in [0.4, 0.5) is 0 Å². The van der Waals surface area contributed by atoms with Gasteiger partial charge in [-0.2, -0.15) is 0 Å². The van der Waals surface area contributed by atoms with Crippen molar-refractivity contribution in [3.05, 3.63) is 0 Å². The molecule has 2 saturated carbocycles. The van der Waals surface area contributed by atoms with Gasteiger partial charge in [0.1, 0.15) is 0 Å². The second-order valence-electron chi connectivity index (χ2n) is 4.09. The third-order valence-corrected chi connectivity index (χ3v) is 3.37. The molecule has 1 heteroatoms. The predicted molar refractivity (Wildman–Crippen MR) is 50.7 cm³/mol. The van der Waals surface area contributed by atoms with Gasteiger partial charge in [0.25, 0.3) is 0 Å². The van der Waals surface area contributed by atoms with Gasteiger partial charge in [0.05, 0.1) is 6.54 Å². The van der Waals surface area contributed by atoms with Crippen LogP contribution in [0, 0.1) is 23.7 Å². The highest BCUT2D eigenvalue weighted by Crippen LogP contribution is 2.44. The van der Waals surface area contributed by atoms with Gasteiger partial charge in [0.15, 0.2) is 0 Å². The smallest absolute Gasteiger partial charge is 0.0578 e. The van der Waals surface area contributed by atoms with Gasteiger partial charge in [-0.25, -0.2) is 0 Å². The first-order chi connectivity index (χ1) is 5.90. The molecule has 1 nitrogen and oxygen atoms in total. The van der Waals surface area contributed by atoms with Crippen molar-refractivity contribution in [2.45, 2.75) is 38.6 Å². The maximum absolute atomic E-state index is 3.54. The van der Waals surface area contributed by atoms with Crippen molar-refractivity contribution in [3.63, 3.8) is 0 Å². The molecule has 0 heterocycles. The zero-order chi connectivity index (χ0) is 8.39. The Labute approximate surface area is 74.9 Å².